The largest absolute Gasteiger partial charge is 0.505 e. The summed E-state index contributed by atoms with van der Waals surface area (Å²) >= 11 is 0. The highest BCUT2D eigenvalue weighted by molar-refractivity contribution is 6.02. The first kappa shape index (κ1) is 12.6. The molecule has 0 bridgehead atoms. The first-order valence-electron chi connectivity index (χ1n) is 5.78. The second-order valence-electron chi connectivity index (χ2n) is 4.49. The van der Waals surface area contributed by atoms with E-state index < -0.39 is 0 Å². The lowest BCUT2D eigenvalue weighted by Crippen LogP contribution is -2.25. The minimum atomic E-state index is -0.250. The van der Waals surface area contributed by atoms with Gasteiger partial charge in [-0.15, -0.1) is 0 Å². The number of rotatable bonds is 3. The Bertz CT molecular complexity index is 498. The number of aliphatic hydroxyl groups is 1. The second-order valence-corrected chi connectivity index (χ2v) is 4.49. The van der Waals surface area contributed by atoms with Gasteiger partial charge >= 0.3 is 0 Å². The van der Waals surface area contributed by atoms with Crippen molar-refractivity contribution < 1.29 is 19.8 Å². The fourth-order valence-corrected chi connectivity index (χ4v) is 2.17. The van der Waals surface area contributed by atoms with Gasteiger partial charge < -0.3 is 15.1 Å². The Kier molecular flexibility index (Phi) is 3.34. The predicted molar refractivity (Wildman–Crippen MR) is 65.7 cm³/mol. The summed E-state index contributed by atoms with van der Waals surface area (Å²) in [4.78, 5) is 24.5. The number of phenolic OH excluding ortho intramolecular Hbond substituents is 1. The van der Waals surface area contributed by atoms with Crippen molar-refractivity contribution in [3.8, 4) is 5.75 Å². The van der Waals surface area contributed by atoms with Gasteiger partial charge in [0.15, 0.2) is 5.78 Å². The molecule has 5 nitrogen and oxygen atoms in total. The Hall–Kier alpha value is -1.88. The average Bonchev–Trinajstić information content (AvgIpc) is 2.70. The molecule has 1 unspecified atom stereocenters. The number of nitrogens with zero attached hydrogens (tertiary/aromatic N) is 1. The second kappa shape index (κ2) is 4.78. The van der Waals surface area contributed by atoms with Crippen molar-refractivity contribution in [1.82, 2.24) is 0 Å². The topological polar surface area (TPSA) is 77.8 Å². The monoisotopic (exact) mass is 249 g/mol. The Morgan fingerprint density at radius 3 is 2.78 bits per heavy atom. The van der Waals surface area contributed by atoms with Gasteiger partial charge in [-0.3, -0.25) is 9.59 Å². The number of benzene rings is 1. The number of carbonyl (C=O) groups is 2. The summed E-state index contributed by atoms with van der Waals surface area (Å²) in [5, 5.41) is 19.1. The van der Waals surface area contributed by atoms with Crippen LogP contribution in [0.1, 0.15) is 23.7 Å². The summed E-state index contributed by atoms with van der Waals surface area (Å²) in [5.41, 5.74) is 0.538. The summed E-state index contributed by atoms with van der Waals surface area (Å²) in [5.74, 6) is -0.681. The highest BCUT2D eigenvalue weighted by Crippen LogP contribution is 2.34. The van der Waals surface area contributed by atoms with E-state index in [1.807, 2.05) is 0 Å². The van der Waals surface area contributed by atoms with E-state index in [2.05, 4.69) is 0 Å². The normalized spacial score (nSPS) is 19.3. The molecule has 1 aromatic rings. The van der Waals surface area contributed by atoms with Gasteiger partial charge in [0.2, 0.25) is 5.91 Å². The maximum Gasteiger partial charge on any atom is 0.227 e. The average molecular weight is 249 g/mol. The van der Waals surface area contributed by atoms with Gasteiger partial charge in [0, 0.05) is 25.5 Å². The molecule has 0 spiro atoms. The minimum Gasteiger partial charge on any atom is -0.505 e. The van der Waals surface area contributed by atoms with Crippen LogP contribution in [0.3, 0.4) is 0 Å². The summed E-state index contributed by atoms with van der Waals surface area (Å²) in [6.07, 6.45) is 0.264. The number of hydrogen-bond acceptors (Lipinski definition) is 4. The molecule has 1 heterocycles. The van der Waals surface area contributed by atoms with Crippen molar-refractivity contribution in [2.45, 2.75) is 13.3 Å². The minimum absolute atomic E-state index is 0.0601. The third-order valence-electron chi connectivity index (χ3n) is 3.15. The van der Waals surface area contributed by atoms with E-state index in [1.54, 1.807) is 12.1 Å². The number of ketones is 1. The number of phenols is 1. The lowest BCUT2D eigenvalue weighted by Gasteiger charge is -2.18. The van der Waals surface area contributed by atoms with E-state index in [4.69, 9.17) is 5.11 Å². The molecule has 0 aliphatic carbocycles. The van der Waals surface area contributed by atoms with Crippen LogP contribution in [0.25, 0.3) is 0 Å². The van der Waals surface area contributed by atoms with Gasteiger partial charge in [-0.25, -0.2) is 0 Å². The van der Waals surface area contributed by atoms with Gasteiger partial charge in [-0.1, -0.05) is 6.07 Å². The Morgan fingerprint density at radius 1 is 1.50 bits per heavy atom. The summed E-state index contributed by atoms with van der Waals surface area (Å²) in [6, 6.07) is 4.75. The van der Waals surface area contributed by atoms with Crippen LogP contribution in [0.4, 0.5) is 5.69 Å². The van der Waals surface area contributed by atoms with E-state index in [1.165, 1.54) is 17.9 Å². The molecule has 0 saturated carbocycles. The number of aliphatic hydroxyl groups excluding tert-OH is 1. The first-order valence-corrected chi connectivity index (χ1v) is 5.78. The standard InChI is InChI=1S/C13H15NO4/c1-8(16)10-3-2-4-11(13(10)18)14-6-9(7-15)5-12(14)17/h2-4,9,15,18H,5-7H2,1H3. The summed E-state index contributed by atoms with van der Waals surface area (Å²) in [6.45, 7) is 1.67. The molecule has 1 atom stereocenters. The molecule has 2 N–H and O–H groups in total. The molecule has 0 aromatic heterocycles. The molecule has 2 rings (SSSR count). The fraction of sp³-hybridized carbons (Fsp3) is 0.385. The molecule has 0 radical (unpaired) electrons. The lowest BCUT2D eigenvalue weighted by molar-refractivity contribution is -0.117. The number of para-hydroxylation sites is 1. The Balaban J connectivity index is 2.37. The van der Waals surface area contributed by atoms with Crippen molar-refractivity contribution in [1.29, 1.82) is 0 Å². The number of hydrogen-bond donors (Lipinski definition) is 2. The zero-order valence-electron chi connectivity index (χ0n) is 10.1. The molecule has 1 amide bonds. The Morgan fingerprint density at radius 2 is 2.22 bits per heavy atom. The zero-order chi connectivity index (χ0) is 13.3. The summed E-state index contributed by atoms with van der Waals surface area (Å²) < 4.78 is 0. The van der Waals surface area contributed by atoms with Crippen LogP contribution >= 0.6 is 0 Å². The van der Waals surface area contributed by atoms with E-state index >= 15 is 0 Å². The molecule has 1 aliphatic rings. The number of Topliss-reactive ketones (excluding diaryl/α,β-unsaturated/α-hetero) is 1. The van der Waals surface area contributed by atoms with Gasteiger partial charge in [-0.2, -0.15) is 0 Å². The number of aromatic hydroxyl groups is 1. The van der Waals surface area contributed by atoms with Crippen molar-refractivity contribution >= 4 is 17.4 Å². The number of carbonyl (C=O) groups excluding carboxylic acids is 2. The molecule has 1 saturated heterocycles. The van der Waals surface area contributed by atoms with Crippen molar-refractivity contribution in [3.05, 3.63) is 23.8 Å². The molecule has 5 heteroatoms. The highest BCUT2D eigenvalue weighted by atomic mass is 16.3. The number of amides is 1. The van der Waals surface area contributed by atoms with Crippen LogP contribution in [0.15, 0.2) is 18.2 Å². The van der Waals surface area contributed by atoms with Gasteiger partial charge in [0.25, 0.3) is 0 Å². The van der Waals surface area contributed by atoms with E-state index in [-0.39, 0.29) is 41.9 Å². The van der Waals surface area contributed by atoms with Crippen LogP contribution in [0, 0.1) is 5.92 Å². The van der Waals surface area contributed by atoms with Crippen molar-refractivity contribution in [2.75, 3.05) is 18.1 Å². The smallest absolute Gasteiger partial charge is 0.227 e. The molecular formula is C13H15NO4. The van der Waals surface area contributed by atoms with Crippen LogP contribution in [-0.4, -0.2) is 35.1 Å². The van der Waals surface area contributed by atoms with Crippen LogP contribution in [0.2, 0.25) is 0 Å². The van der Waals surface area contributed by atoms with E-state index in [0.717, 1.165) is 0 Å². The molecule has 1 aromatic carbocycles. The van der Waals surface area contributed by atoms with Crippen LogP contribution < -0.4 is 4.90 Å². The quantitative estimate of drug-likeness (QED) is 0.781. The van der Waals surface area contributed by atoms with E-state index in [0.29, 0.717) is 12.2 Å². The SMILES string of the molecule is CC(=O)c1cccc(N2CC(CO)CC2=O)c1O. The zero-order valence-corrected chi connectivity index (χ0v) is 10.1. The maximum absolute atomic E-state index is 11.8. The van der Waals surface area contributed by atoms with E-state index in [9.17, 15) is 14.7 Å². The van der Waals surface area contributed by atoms with Crippen molar-refractivity contribution in [3.63, 3.8) is 0 Å². The van der Waals surface area contributed by atoms with Gasteiger partial charge in [-0.05, 0) is 19.1 Å². The van der Waals surface area contributed by atoms with Crippen LogP contribution in [-0.2, 0) is 4.79 Å². The molecule has 96 valence electrons. The fourth-order valence-electron chi connectivity index (χ4n) is 2.17. The Labute approximate surface area is 105 Å². The van der Waals surface area contributed by atoms with Gasteiger partial charge in [0.05, 0.1) is 11.3 Å². The lowest BCUT2D eigenvalue weighted by atomic mass is 10.1. The summed E-state index contributed by atoms with van der Waals surface area (Å²) in [7, 11) is 0. The van der Waals surface area contributed by atoms with Crippen molar-refractivity contribution in [2.24, 2.45) is 5.92 Å². The molecule has 1 aliphatic heterocycles. The van der Waals surface area contributed by atoms with Crippen LogP contribution in [0.5, 0.6) is 5.75 Å². The highest BCUT2D eigenvalue weighted by Gasteiger charge is 2.32. The number of anilines is 1. The molecule has 18 heavy (non-hydrogen) atoms. The third-order valence-corrected chi connectivity index (χ3v) is 3.15. The molecular weight excluding hydrogens is 234 g/mol. The third kappa shape index (κ3) is 2.09. The first-order chi connectivity index (χ1) is 8.54. The predicted octanol–water partition coefficient (Wildman–Crippen LogP) is 0.940. The molecule has 1 fully saturated rings. The maximum atomic E-state index is 11.8. The van der Waals surface area contributed by atoms with Gasteiger partial charge in [0.1, 0.15) is 5.75 Å².